The average molecular weight is 306 g/mol. The quantitative estimate of drug-likeness (QED) is 0.710. The van der Waals surface area contributed by atoms with Gasteiger partial charge in [-0.3, -0.25) is 14.4 Å². The van der Waals surface area contributed by atoms with Gasteiger partial charge in [0.05, 0.1) is 0 Å². The Morgan fingerprint density at radius 1 is 1.05 bits per heavy atom. The molecule has 0 aliphatic heterocycles. The highest BCUT2D eigenvalue weighted by Gasteiger charge is 2.25. The zero-order valence-electron chi connectivity index (χ0n) is 13.0. The highest BCUT2D eigenvalue weighted by Crippen LogP contribution is 2.07. The standard InChI is InChI=1S/C16H22N2O4/c1-10(2)9-13(15(20)17-11(3)16(21)22)18-14(19)12-7-5-4-6-8-12/h4-8,10-11,13H,9H2,1-3H3,(H,17,20)(H,18,19)(H,21,22). The average Bonchev–Trinajstić information content (AvgIpc) is 2.46. The number of aliphatic carboxylic acids is 1. The van der Waals surface area contributed by atoms with Gasteiger partial charge in [-0.2, -0.15) is 0 Å². The second-order valence-corrected chi connectivity index (χ2v) is 5.59. The molecule has 2 atom stereocenters. The molecule has 0 aromatic heterocycles. The minimum atomic E-state index is -1.12. The number of carboxylic acids is 1. The van der Waals surface area contributed by atoms with Crippen LogP contribution in [0.25, 0.3) is 0 Å². The number of amides is 2. The lowest BCUT2D eigenvalue weighted by atomic mass is 10.0. The molecule has 1 aromatic rings. The summed E-state index contributed by atoms with van der Waals surface area (Å²) in [5.41, 5.74) is 0.454. The van der Waals surface area contributed by atoms with Crippen LogP contribution in [0.15, 0.2) is 30.3 Å². The smallest absolute Gasteiger partial charge is 0.325 e. The lowest BCUT2D eigenvalue weighted by Gasteiger charge is -2.21. The molecule has 6 nitrogen and oxygen atoms in total. The van der Waals surface area contributed by atoms with E-state index in [-0.39, 0.29) is 11.8 Å². The Labute approximate surface area is 129 Å². The molecule has 1 rings (SSSR count). The minimum absolute atomic E-state index is 0.173. The Kier molecular flexibility index (Phi) is 6.56. The Morgan fingerprint density at radius 3 is 2.14 bits per heavy atom. The van der Waals surface area contributed by atoms with Crippen LogP contribution in [0.1, 0.15) is 37.6 Å². The fourth-order valence-electron chi connectivity index (χ4n) is 1.91. The molecule has 0 heterocycles. The van der Waals surface area contributed by atoms with E-state index in [0.29, 0.717) is 12.0 Å². The van der Waals surface area contributed by atoms with Gasteiger partial charge in [0.25, 0.3) is 5.91 Å². The maximum absolute atomic E-state index is 12.2. The first-order valence-electron chi connectivity index (χ1n) is 7.20. The number of hydrogen-bond acceptors (Lipinski definition) is 3. The lowest BCUT2D eigenvalue weighted by Crippen LogP contribution is -2.51. The van der Waals surface area contributed by atoms with Crippen molar-refractivity contribution < 1.29 is 19.5 Å². The highest BCUT2D eigenvalue weighted by molar-refractivity contribution is 5.98. The van der Waals surface area contributed by atoms with Crippen molar-refractivity contribution in [2.45, 2.75) is 39.3 Å². The van der Waals surface area contributed by atoms with Crippen molar-refractivity contribution in [3.63, 3.8) is 0 Å². The molecule has 0 saturated carbocycles. The van der Waals surface area contributed by atoms with Gasteiger partial charge in [-0.15, -0.1) is 0 Å². The third-order valence-corrected chi connectivity index (χ3v) is 3.09. The predicted octanol–water partition coefficient (Wildman–Crippen LogP) is 1.42. The van der Waals surface area contributed by atoms with E-state index in [0.717, 1.165) is 0 Å². The van der Waals surface area contributed by atoms with Crippen LogP contribution in [0.3, 0.4) is 0 Å². The first-order chi connectivity index (χ1) is 10.3. The van der Waals surface area contributed by atoms with Gasteiger partial charge in [0.1, 0.15) is 12.1 Å². The number of benzene rings is 1. The van der Waals surface area contributed by atoms with E-state index < -0.39 is 24.0 Å². The third kappa shape index (κ3) is 5.55. The molecule has 0 aliphatic carbocycles. The Balaban J connectivity index is 2.78. The van der Waals surface area contributed by atoms with Gasteiger partial charge in [-0.05, 0) is 31.4 Å². The summed E-state index contributed by atoms with van der Waals surface area (Å²) in [6, 6.07) is 6.80. The number of carboxylic acid groups (broad SMARTS) is 1. The first-order valence-corrected chi connectivity index (χ1v) is 7.20. The van der Waals surface area contributed by atoms with E-state index in [2.05, 4.69) is 10.6 Å². The van der Waals surface area contributed by atoms with Crippen LogP contribution < -0.4 is 10.6 Å². The van der Waals surface area contributed by atoms with Crippen LogP contribution in [-0.2, 0) is 9.59 Å². The summed E-state index contributed by atoms with van der Waals surface area (Å²) in [5.74, 6) is -1.80. The Bertz CT molecular complexity index is 528. The number of carbonyl (C=O) groups excluding carboxylic acids is 2. The zero-order chi connectivity index (χ0) is 16.7. The molecule has 0 fully saturated rings. The summed E-state index contributed by atoms with van der Waals surface area (Å²) in [5, 5.41) is 13.9. The lowest BCUT2D eigenvalue weighted by molar-refractivity contribution is -0.141. The third-order valence-electron chi connectivity index (χ3n) is 3.09. The first kappa shape index (κ1) is 17.7. The highest BCUT2D eigenvalue weighted by atomic mass is 16.4. The van der Waals surface area contributed by atoms with E-state index in [9.17, 15) is 14.4 Å². The van der Waals surface area contributed by atoms with Gasteiger partial charge in [0.2, 0.25) is 5.91 Å². The second-order valence-electron chi connectivity index (χ2n) is 5.59. The summed E-state index contributed by atoms with van der Waals surface area (Å²) in [6.07, 6.45) is 0.427. The van der Waals surface area contributed by atoms with Gasteiger partial charge in [-0.1, -0.05) is 32.0 Å². The van der Waals surface area contributed by atoms with Crippen LogP contribution in [0.5, 0.6) is 0 Å². The predicted molar refractivity (Wildman–Crippen MR) is 82.4 cm³/mol. The van der Waals surface area contributed by atoms with Crippen molar-refractivity contribution in [2.75, 3.05) is 0 Å². The number of nitrogens with one attached hydrogen (secondary N) is 2. The molecule has 6 heteroatoms. The van der Waals surface area contributed by atoms with Crippen molar-refractivity contribution >= 4 is 17.8 Å². The Hall–Kier alpha value is -2.37. The molecule has 0 radical (unpaired) electrons. The second kappa shape index (κ2) is 8.17. The molecule has 0 saturated heterocycles. The fourth-order valence-corrected chi connectivity index (χ4v) is 1.91. The number of carbonyl (C=O) groups is 3. The van der Waals surface area contributed by atoms with Crippen molar-refractivity contribution in [1.29, 1.82) is 0 Å². The van der Waals surface area contributed by atoms with Crippen molar-refractivity contribution in [3.05, 3.63) is 35.9 Å². The van der Waals surface area contributed by atoms with E-state index >= 15 is 0 Å². The van der Waals surface area contributed by atoms with Gasteiger partial charge >= 0.3 is 5.97 Å². The van der Waals surface area contributed by atoms with Crippen LogP contribution in [0, 0.1) is 5.92 Å². The van der Waals surface area contributed by atoms with E-state index in [1.807, 2.05) is 13.8 Å². The van der Waals surface area contributed by atoms with E-state index in [4.69, 9.17) is 5.11 Å². The largest absolute Gasteiger partial charge is 0.480 e. The monoisotopic (exact) mass is 306 g/mol. The molecular weight excluding hydrogens is 284 g/mol. The fraction of sp³-hybridized carbons (Fsp3) is 0.438. The minimum Gasteiger partial charge on any atom is -0.480 e. The van der Waals surface area contributed by atoms with E-state index in [1.54, 1.807) is 30.3 Å². The number of hydrogen-bond donors (Lipinski definition) is 3. The molecular formula is C16H22N2O4. The molecule has 0 bridgehead atoms. The van der Waals surface area contributed by atoms with Crippen molar-refractivity contribution in [3.8, 4) is 0 Å². The molecule has 2 amide bonds. The van der Waals surface area contributed by atoms with Gasteiger partial charge in [0, 0.05) is 5.56 Å². The van der Waals surface area contributed by atoms with Crippen LogP contribution >= 0.6 is 0 Å². The van der Waals surface area contributed by atoms with Crippen molar-refractivity contribution in [1.82, 2.24) is 10.6 Å². The van der Waals surface area contributed by atoms with E-state index in [1.165, 1.54) is 6.92 Å². The number of rotatable bonds is 7. The maximum Gasteiger partial charge on any atom is 0.325 e. The van der Waals surface area contributed by atoms with Crippen LogP contribution in [0.2, 0.25) is 0 Å². The molecule has 22 heavy (non-hydrogen) atoms. The molecule has 3 N–H and O–H groups in total. The van der Waals surface area contributed by atoms with Crippen LogP contribution in [-0.4, -0.2) is 35.0 Å². The Morgan fingerprint density at radius 2 is 1.64 bits per heavy atom. The normalized spacial score (nSPS) is 13.3. The summed E-state index contributed by atoms with van der Waals surface area (Å²) in [6.45, 7) is 5.23. The molecule has 0 aliphatic rings. The zero-order valence-corrected chi connectivity index (χ0v) is 13.0. The molecule has 0 spiro atoms. The van der Waals surface area contributed by atoms with Crippen molar-refractivity contribution in [2.24, 2.45) is 5.92 Å². The van der Waals surface area contributed by atoms with Gasteiger partial charge < -0.3 is 15.7 Å². The summed E-state index contributed by atoms with van der Waals surface area (Å²) in [7, 11) is 0. The topological polar surface area (TPSA) is 95.5 Å². The molecule has 2 unspecified atom stereocenters. The van der Waals surface area contributed by atoms with Gasteiger partial charge in [0.15, 0.2) is 0 Å². The summed E-state index contributed by atoms with van der Waals surface area (Å²) in [4.78, 5) is 35.1. The molecule has 1 aromatic carbocycles. The summed E-state index contributed by atoms with van der Waals surface area (Å²) < 4.78 is 0. The van der Waals surface area contributed by atoms with Gasteiger partial charge in [-0.25, -0.2) is 0 Å². The molecule has 120 valence electrons. The van der Waals surface area contributed by atoms with Crippen LogP contribution in [0.4, 0.5) is 0 Å². The SMILES string of the molecule is CC(C)CC(NC(=O)c1ccccc1)C(=O)NC(C)C(=O)O. The maximum atomic E-state index is 12.2. The summed E-state index contributed by atoms with van der Waals surface area (Å²) >= 11 is 0.